The van der Waals surface area contributed by atoms with Crippen LogP contribution >= 0.6 is 0 Å². The Morgan fingerprint density at radius 3 is 2.33 bits per heavy atom. The number of ether oxygens (including phenoxy) is 3. The van der Waals surface area contributed by atoms with E-state index in [0.29, 0.717) is 0 Å². The number of ketones is 3. The minimum absolute atomic E-state index is 0.0105. The second-order valence-electron chi connectivity index (χ2n) is 11.5. The van der Waals surface area contributed by atoms with Crippen molar-refractivity contribution in [1.29, 1.82) is 0 Å². The lowest BCUT2D eigenvalue weighted by Crippen LogP contribution is -2.57. The molecule has 0 bridgehead atoms. The van der Waals surface area contributed by atoms with Crippen LogP contribution in [0.1, 0.15) is 68.8 Å². The van der Waals surface area contributed by atoms with Gasteiger partial charge in [0.2, 0.25) is 5.78 Å². The fourth-order valence-electron chi connectivity index (χ4n) is 6.76. The summed E-state index contributed by atoms with van der Waals surface area (Å²) in [4.78, 5) is 41.9. The van der Waals surface area contributed by atoms with E-state index in [1.807, 2.05) is 0 Å². The van der Waals surface area contributed by atoms with Gasteiger partial charge in [-0.05, 0) is 13.0 Å². The van der Waals surface area contributed by atoms with Crippen LogP contribution in [0.5, 0.6) is 17.2 Å². The highest BCUT2D eigenvalue weighted by Gasteiger charge is 2.50. The molecule has 45 heavy (non-hydrogen) atoms. The predicted molar refractivity (Wildman–Crippen MR) is 153 cm³/mol. The van der Waals surface area contributed by atoms with Crippen LogP contribution in [0, 0.1) is 0 Å². The summed E-state index contributed by atoms with van der Waals surface area (Å²) >= 11 is 0. The minimum atomic E-state index is -2.30. The first-order valence-corrected chi connectivity index (χ1v) is 14.6. The Morgan fingerprint density at radius 1 is 1.04 bits per heavy atom. The zero-order valence-corrected chi connectivity index (χ0v) is 24.8. The number of nitrogens with zero attached hydrogens (tertiary/aromatic N) is 1. The summed E-state index contributed by atoms with van der Waals surface area (Å²) in [5.74, 6) is -3.94. The maximum Gasteiger partial charge on any atom is 0.202 e. The number of phenolic OH excluding ortho intramolecular Hbond substituents is 2. The fraction of sp³-hybridized carbons (Fsp3) is 0.516. The summed E-state index contributed by atoms with van der Waals surface area (Å²) in [6.45, 7) is 0.271. The van der Waals surface area contributed by atoms with Crippen molar-refractivity contribution in [2.75, 3.05) is 40.0 Å². The molecule has 0 aromatic heterocycles. The van der Waals surface area contributed by atoms with Gasteiger partial charge in [0.05, 0.1) is 55.3 Å². The molecule has 4 unspecified atom stereocenters. The number of Topliss-reactive ketones (excluding diaryl/α,β-unsaturated/α-hetero) is 1. The maximum absolute atomic E-state index is 13.8. The highest BCUT2D eigenvalue weighted by molar-refractivity contribution is 6.31. The summed E-state index contributed by atoms with van der Waals surface area (Å²) in [6.07, 6.45) is -5.56. The van der Waals surface area contributed by atoms with E-state index in [9.17, 15) is 50.1 Å². The third-order valence-electron chi connectivity index (χ3n) is 8.97. The number of phenols is 2. The van der Waals surface area contributed by atoms with E-state index in [0.717, 1.165) is 0 Å². The molecule has 3 aliphatic rings. The molecule has 1 heterocycles. The number of aromatic hydroxyl groups is 2. The maximum atomic E-state index is 13.8. The van der Waals surface area contributed by atoms with E-state index >= 15 is 0 Å². The van der Waals surface area contributed by atoms with Gasteiger partial charge in [-0.2, -0.15) is 0 Å². The number of benzene rings is 2. The lowest BCUT2D eigenvalue weighted by Gasteiger charge is -2.45. The molecule has 5 rings (SSSR count). The van der Waals surface area contributed by atoms with Crippen LogP contribution in [-0.4, -0.2) is 128 Å². The first-order chi connectivity index (χ1) is 21.4. The number of carbonyl (C=O) groups is 3. The lowest BCUT2D eigenvalue weighted by atomic mass is 9.72. The Labute approximate surface area is 258 Å². The number of aliphatic hydroxyl groups is 5. The van der Waals surface area contributed by atoms with Crippen LogP contribution in [0.4, 0.5) is 0 Å². The molecule has 244 valence electrons. The van der Waals surface area contributed by atoms with E-state index < -0.39 is 95.7 Å². The van der Waals surface area contributed by atoms with Crippen molar-refractivity contribution in [3.05, 3.63) is 51.6 Å². The van der Waals surface area contributed by atoms with Gasteiger partial charge in [0.1, 0.15) is 29.5 Å². The molecule has 14 heteroatoms. The van der Waals surface area contributed by atoms with Gasteiger partial charge in [-0.15, -0.1) is 0 Å². The van der Waals surface area contributed by atoms with Crippen molar-refractivity contribution in [2.45, 2.75) is 62.4 Å². The molecular weight excluding hydrogens is 594 g/mol. The van der Waals surface area contributed by atoms with Crippen molar-refractivity contribution in [3.63, 3.8) is 0 Å². The van der Waals surface area contributed by atoms with E-state index in [1.54, 1.807) is 11.8 Å². The van der Waals surface area contributed by atoms with Crippen LogP contribution in [0.25, 0.3) is 0 Å². The number of hydrogen-bond acceptors (Lipinski definition) is 14. The normalized spacial score (nSPS) is 27.6. The number of carbonyl (C=O) groups excluding carboxylic acids is 3. The summed E-state index contributed by atoms with van der Waals surface area (Å²) < 4.78 is 17.4. The molecule has 2 aliphatic carbocycles. The van der Waals surface area contributed by atoms with E-state index in [1.165, 1.54) is 25.3 Å². The Hall–Kier alpha value is -3.47. The number of hydrogen-bond donors (Lipinski definition) is 7. The molecule has 2 aromatic carbocycles. The molecule has 0 amide bonds. The van der Waals surface area contributed by atoms with Gasteiger partial charge in [-0.1, -0.05) is 12.1 Å². The van der Waals surface area contributed by atoms with Crippen molar-refractivity contribution in [1.82, 2.24) is 4.90 Å². The highest BCUT2D eigenvalue weighted by atomic mass is 16.7. The standard InChI is InChI=1S/C31H37NO13/c1-14-26(37)17(32(6-8-33)7-9-34)10-21(44-14)45-19-12-31(42,20(36)13-35)11-16-23(19)30(41)25-24(28(16)39)27(38)15-4-3-5-18(43-2)22(15)29(25)40/h3-5,14,17,19,21,26,33-35,37,39,41-42H,6-13H2,1-2H3/t14?,17?,19-,21?,26?,31-/m0/s1. The molecule has 0 radical (unpaired) electrons. The van der Waals surface area contributed by atoms with Crippen molar-refractivity contribution >= 4 is 17.3 Å². The summed E-state index contributed by atoms with van der Waals surface area (Å²) in [5.41, 5.74) is -3.86. The van der Waals surface area contributed by atoms with Crippen LogP contribution in [0.3, 0.4) is 0 Å². The van der Waals surface area contributed by atoms with Gasteiger partial charge in [0, 0.05) is 55.1 Å². The molecule has 14 nitrogen and oxygen atoms in total. The quantitative estimate of drug-likeness (QED) is 0.138. The van der Waals surface area contributed by atoms with Gasteiger partial charge in [0.15, 0.2) is 17.9 Å². The molecule has 6 atom stereocenters. The van der Waals surface area contributed by atoms with E-state index in [2.05, 4.69) is 0 Å². The van der Waals surface area contributed by atoms with Crippen LogP contribution in [-0.2, 0) is 20.7 Å². The minimum Gasteiger partial charge on any atom is -0.507 e. The largest absolute Gasteiger partial charge is 0.507 e. The topological polar surface area (TPSA) is 224 Å². The molecule has 1 aliphatic heterocycles. The highest BCUT2D eigenvalue weighted by Crippen LogP contribution is 2.52. The molecule has 1 fully saturated rings. The molecule has 1 saturated heterocycles. The third kappa shape index (κ3) is 5.51. The number of rotatable bonds is 10. The number of fused-ring (bicyclic) bond motifs is 3. The fourth-order valence-corrected chi connectivity index (χ4v) is 6.76. The molecule has 2 aromatic rings. The molecule has 0 saturated carbocycles. The first-order valence-electron chi connectivity index (χ1n) is 14.6. The van der Waals surface area contributed by atoms with E-state index in [4.69, 9.17) is 14.2 Å². The summed E-state index contributed by atoms with van der Waals surface area (Å²) in [6, 6.07) is 3.68. The SMILES string of the molecule is COc1cccc2c1C(=O)c1c(O)c3c(c(O)c1C2=O)C[C@@](O)(C(=O)CO)C[C@@H]3OC1CC(N(CCO)CCO)C(O)C(C)O1. The smallest absolute Gasteiger partial charge is 0.202 e. The van der Waals surface area contributed by atoms with Gasteiger partial charge >= 0.3 is 0 Å². The van der Waals surface area contributed by atoms with Crippen molar-refractivity contribution in [3.8, 4) is 17.2 Å². The van der Waals surface area contributed by atoms with Gasteiger partial charge in [-0.3, -0.25) is 19.3 Å². The second-order valence-corrected chi connectivity index (χ2v) is 11.5. The Balaban J connectivity index is 1.62. The Bertz CT molecular complexity index is 1500. The first kappa shape index (κ1) is 32.9. The van der Waals surface area contributed by atoms with Gasteiger partial charge in [-0.25, -0.2) is 0 Å². The monoisotopic (exact) mass is 631 g/mol. The average molecular weight is 632 g/mol. The van der Waals surface area contributed by atoms with Crippen molar-refractivity contribution in [2.24, 2.45) is 0 Å². The third-order valence-corrected chi connectivity index (χ3v) is 8.97. The lowest BCUT2D eigenvalue weighted by molar-refractivity contribution is -0.259. The molecule has 0 spiro atoms. The van der Waals surface area contributed by atoms with Gasteiger partial charge < -0.3 is 50.0 Å². The second kappa shape index (κ2) is 12.7. The van der Waals surface area contributed by atoms with Crippen molar-refractivity contribution < 1.29 is 64.3 Å². The van der Waals surface area contributed by atoms with Crippen LogP contribution < -0.4 is 4.74 Å². The molecular formula is C31H37NO13. The van der Waals surface area contributed by atoms with Crippen LogP contribution in [0.15, 0.2) is 18.2 Å². The zero-order valence-electron chi connectivity index (χ0n) is 24.8. The predicted octanol–water partition coefficient (Wildman–Crippen LogP) is -0.671. The summed E-state index contributed by atoms with van der Waals surface area (Å²) in [7, 11) is 1.31. The molecule has 7 N–H and O–H groups in total. The Morgan fingerprint density at radius 2 is 1.71 bits per heavy atom. The van der Waals surface area contributed by atoms with E-state index in [-0.39, 0.29) is 60.7 Å². The summed E-state index contributed by atoms with van der Waals surface area (Å²) in [5, 5.41) is 74.2. The Kier molecular flexibility index (Phi) is 9.31. The number of aliphatic hydroxyl groups excluding tert-OH is 4. The van der Waals surface area contributed by atoms with Crippen LogP contribution in [0.2, 0.25) is 0 Å². The zero-order chi connectivity index (χ0) is 32.8. The average Bonchev–Trinajstić information content (AvgIpc) is 3.02. The number of methoxy groups -OCH3 is 1. The van der Waals surface area contributed by atoms with Gasteiger partial charge in [0.25, 0.3) is 0 Å².